The molecule has 2 aromatic heterocycles. The van der Waals surface area contributed by atoms with E-state index >= 15 is 0 Å². The Bertz CT molecular complexity index is 742. The molecule has 2 aromatic rings. The number of nitriles is 1. The van der Waals surface area contributed by atoms with Crippen LogP contribution in [0, 0.1) is 11.3 Å². The van der Waals surface area contributed by atoms with E-state index in [2.05, 4.69) is 38.8 Å². The Labute approximate surface area is 145 Å². The SMILES string of the molecule is N#Cc1cccc(N[C@H]2CO[C@@]3(CCN(Cc4cccs4)C3)C2)n1. The molecular weight excluding hydrogens is 320 g/mol. The number of aromatic nitrogens is 1. The van der Waals surface area contributed by atoms with Crippen LogP contribution < -0.4 is 5.32 Å². The highest BCUT2D eigenvalue weighted by Crippen LogP contribution is 2.36. The molecule has 0 aliphatic carbocycles. The summed E-state index contributed by atoms with van der Waals surface area (Å²) in [4.78, 5) is 8.20. The second-order valence-corrected chi connectivity index (χ2v) is 7.63. The molecule has 1 N–H and O–H groups in total. The van der Waals surface area contributed by atoms with Crippen molar-refractivity contribution >= 4 is 17.2 Å². The molecule has 5 nitrogen and oxygen atoms in total. The number of nitrogens with one attached hydrogen (secondary N) is 1. The summed E-state index contributed by atoms with van der Waals surface area (Å²) in [6.45, 7) is 3.81. The fraction of sp³-hybridized carbons (Fsp3) is 0.444. The van der Waals surface area contributed by atoms with Gasteiger partial charge in [0.1, 0.15) is 17.6 Å². The zero-order valence-electron chi connectivity index (χ0n) is 13.4. The third-order valence-corrected chi connectivity index (χ3v) is 5.64. The zero-order chi connectivity index (χ0) is 16.4. The van der Waals surface area contributed by atoms with Gasteiger partial charge in [-0.15, -0.1) is 11.3 Å². The Morgan fingerprint density at radius 1 is 1.42 bits per heavy atom. The van der Waals surface area contributed by atoms with Crippen LogP contribution in [-0.2, 0) is 11.3 Å². The maximum Gasteiger partial charge on any atom is 0.142 e. The first-order valence-corrected chi connectivity index (χ1v) is 9.15. The fourth-order valence-corrected chi connectivity index (χ4v) is 4.44. The molecule has 2 aliphatic heterocycles. The highest BCUT2D eigenvalue weighted by atomic mass is 32.1. The van der Waals surface area contributed by atoms with Crippen molar-refractivity contribution < 1.29 is 4.74 Å². The number of anilines is 1. The number of ether oxygens (including phenoxy) is 1. The van der Waals surface area contributed by atoms with E-state index < -0.39 is 0 Å². The maximum absolute atomic E-state index is 8.96. The van der Waals surface area contributed by atoms with Gasteiger partial charge in [0.15, 0.2) is 0 Å². The number of pyridine rings is 1. The van der Waals surface area contributed by atoms with Crippen molar-refractivity contribution in [3.63, 3.8) is 0 Å². The molecule has 2 fully saturated rings. The van der Waals surface area contributed by atoms with Crippen molar-refractivity contribution in [2.75, 3.05) is 25.0 Å². The minimum absolute atomic E-state index is 0.0260. The summed E-state index contributed by atoms with van der Waals surface area (Å²) in [5.74, 6) is 0.758. The Kier molecular flexibility index (Phi) is 4.23. The minimum atomic E-state index is -0.0260. The van der Waals surface area contributed by atoms with Crippen LogP contribution in [0.2, 0.25) is 0 Å². The maximum atomic E-state index is 8.96. The van der Waals surface area contributed by atoms with Gasteiger partial charge >= 0.3 is 0 Å². The number of thiophene rings is 1. The van der Waals surface area contributed by atoms with Crippen LogP contribution in [0.3, 0.4) is 0 Å². The average molecular weight is 340 g/mol. The first kappa shape index (κ1) is 15.6. The largest absolute Gasteiger partial charge is 0.371 e. The van der Waals surface area contributed by atoms with Gasteiger partial charge in [0, 0.05) is 30.9 Å². The number of hydrogen-bond acceptors (Lipinski definition) is 6. The molecule has 0 amide bonds. The van der Waals surface area contributed by atoms with E-state index in [9.17, 15) is 0 Å². The molecule has 6 heteroatoms. The Balaban J connectivity index is 1.35. The lowest BCUT2D eigenvalue weighted by Crippen LogP contribution is -2.33. The lowest BCUT2D eigenvalue weighted by atomic mass is 9.97. The molecule has 0 saturated carbocycles. The van der Waals surface area contributed by atoms with Crippen LogP contribution >= 0.6 is 11.3 Å². The molecule has 24 heavy (non-hydrogen) atoms. The molecule has 124 valence electrons. The van der Waals surface area contributed by atoms with Crippen molar-refractivity contribution in [2.24, 2.45) is 0 Å². The van der Waals surface area contributed by atoms with Crippen LogP contribution in [0.5, 0.6) is 0 Å². The zero-order valence-corrected chi connectivity index (χ0v) is 14.3. The quantitative estimate of drug-likeness (QED) is 0.927. The van der Waals surface area contributed by atoms with Crippen molar-refractivity contribution in [1.82, 2.24) is 9.88 Å². The van der Waals surface area contributed by atoms with Gasteiger partial charge in [-0.25, -0.2) is 4.98 Å². The second kappa shape index (κ2) is 6.52. The van der Waals surface area contributed by atoms with Gasteiger partial charge < -0.3 is 10.1 Å². The summed E-state index contributed by atoms with van der Waals surface area (Å²) >= 11 is 1.82. The lowest BCUT2D eigenvalue weighted by molar-refractivity contribution is 0.0120. The summed E-state index contributed by atoms with van der Waals surface area (Å²) in [6, 6.07) is 12.1. The average Bonchev–Trinajstić information content (AvgIpc) is 3.32. The first-order valence-electron chi connectivity index (χ1n) is 8.27. The fourth-order valence-electron chi connectivity index (χ4n) is 3.69. The van der Waals surface area contributed by atoms with Crippen molar-refractivity contribution in [2.45, 2.75) is 31.0 Å². The summed E-state index contributed by atoms with van der Waals surface area (Å²) in [6.07, 6.45) is 2.08. The molecule has 2 atom stereocenters. The Morgan fingerprint density at radius 2 is 2.38 bits per heavy atom. The predicted octanol–water partition coefficient (Wildman–Crippen LogP) is 2.86. The van der Waals surface area contributed by atoms with E-state index in [0.717, 1.165) is 38.3 Å². The van der Waals surface area contributed by atoms with Crippen molar-refractivity contribution in [3.8, 4) is 6.07 Å². The van der Waals surface area contributed by atoms with Crippen LogP contribution in [0.1, 0.15) is 23.4 Å². The highest BCUT2D eigenvalue weighted by molar-refractivity contribution is 7.09. The Hall–Kier alpha value is -1.94. The first-order chi connectivity index (χ1) is 11.7. The predicted molar refractivity (Wildman–Crippen MR) is 93.9 cm³/mol. The summed E-state index contributed by atoms with van der Waals surface area (Å²) in [5.41, 5.74) is 0.415. The molecule has 2 saturated heterocycles. The van der Waals surface area contributed by atoms with Gasteiger partial charge in [0.2, 0.25) is 0 Å². The lowest BCUT2D eigenvalue weighted by Gasteiger charge is -2.23. The molecule has 0 bridgehead atoms. The third-order valence-electron chi connectivity index (χ3n) is 4.78. The summed E-state index contributed by atoms with van der Waals surface area (Å²) < 4.78 is 6.20. The molecule has 2 aliphatic rings. The standard InChI is InChI=1S/C18H20N4OS/c19-10-14-3-1-5-17(20-14)21-15-9-18(23-12-15)6-7-22(13-18)11-16-4-2-8-24-16/h1-5,8,15H,6-7,9,11-13H2,(H,20,21)/t15-,18+/m1/s1. The Morgan fingerprint density at radius 3 is 3.21 bits per heavy atom. The van der Waals surface area contributed by atoms with Gasteiger partial charge in [-0.1, -0.05) is 12.1 Å². The number of likely N-dealkylation sites (tertiary alicyclic amines) is 1. The van der Waals surface area contributed by atoms with E-state index in [1.54, 1.807) is 6.07 Å². The molecule has 4 heterocycles. The van der Waals surface area contributed by atoms with Crippen LogP contribution in [0.4, 0.5) is 5.82 Å². The molecule has 0 unspecified atom stereocenters. The summed E-state index contributed by atoms with van der Waals surface area (Å²) in [5, 5.41) is 14.5. The van der Waals surface area contributed by atoms with Crippen LogP contribution in [0.25, 0.3) is 0 Å². The molecular formula is C18H20N4OS. The monoisotopic (exact) mass is 340 g/mol. The second-order valence-electron chi connectivity index (χ2n) is 6.60. The van der Waals surface area contributed by atoms with Crippen molar-refractivity contribution in [3.05, 3.63) is 46.3 Å². The van der Waals surface area contributed by atoms with E-state index in [4.69, 9.17) is 10.00 Å². The van der Waals surface area contributed by atoms with E-state index in [1.807, 2.05) is 23.5 Å². The molecule has 1 spiro atoms. The van der Waals surface area contributed by atoms with Gasteiger partial charge in [-0.3, -0.25) is 4.90 Å². The van der Waals surface area contributed by atoms with Gasteiger partial charge in [0.25, 0.3) is 0 Å². The van der Waals surface area contributed by atoms with Gasteiger partial charge in [-0.2, -0.15) is 5.26 Å². The molecule has 4 rings (SSSR count). The van der Waals surface area contributed by atoms with E-state index in [-0.39, 0.29) is 11.6 Å². The molecule has 0 aromatic carbocycles. The number of rotatable bonds is 4. The normalized spacial score (nSPS) is 26.7. The van der Waals surface area contributed by atoms with E-state index in [0.29, 0.717) is 12.3 Å². The summed E-state index contributed by atoms with van der Waals surface area (Å²) in [7, 11) is 0. The smallest absolute Gasteiger partial charge is 0.142 e. The third kappa shape index (κ3) is 3.29. The molecule has 0 radical (unpaired) electrons. The highest BCUT2D eigenvalue weighted by Gasteiger charge is 2.45. The van der Waals surface area contributed by atoms with Crippen LogP contribution in [0.15, 0.2) is 35.7 Å². The topological polar surface area (TPSA) is 61.2 Å². The number of hydrogen-bond donors (Lipinski definition) is 1. The minimum Gasteiger partial charge on any atom is -0.371 e. The number of nitrogens with zero attached hydrogens (tertiary/aromatic N) is 3. The van der Waals surface area contributed by atoms with Crippen LogP contribution in [-0.4, -0.2) is 41.2 Å². The van der Waals surface area contributed by atoms with Gasteiger partial charge in [-0.05, 0) is 30.0 Å². The van der Waals surface area contributed by atoms with Gasteiger partial charge in [0.05, 0.1) is 18.2 Å². The van der Waals surface area contributed by atoms with E-state index in [1.165, 1.54) is 4.88 Å². The van der Waals surface area contributed by atoms with Crippen molar-refractivity contribution in [1.29, 1.82) is 5.26 Å².